The van der Waals surface area contributed by atoms with Crippen LogP contribution in [0.2, 0.25) is 0 Å². The second kappa shape index (κ2) is 8.66. The third-order valence-corrected chi connectivity index (χ3v) is 6.01. The number of carbonyl (C=O) groups excluding carboxylic acids is 1. The van der Waals surface area contributed by atoms with E-state index in [9.17, 15) is 4.79 Å². The molecule has 4 N–H and O–H groups in total. The van der Waals surface area contributed by atoms with Gasteiger partial charge in [-0.15, -0.1) is 11.3 Å². The molecule has 4 aromatic rings. The molecule has 0 saturated carbocycles. The van der Waals surface area contributed by atoms with E-state index in [1.807, 2.05) is 53.3 Å². The molecule has 0 aliphatic carbocycles. The summed E-state index contributed by atoms with van der Waals surface area (Å²) in [7, 11) is 5.14. The summed E-state index contributed by atoms with van der Waals surface area (Å²) in [5.74, 6) is 1.10. The Morgan fingerprint density at radius 1 is 1.13 bits per heavy atom. The first-order chi connectivity index (χ1) is 15.0. The normalized spacial score (nSPS) is 10.9. The Kier molecular flexibility index (Phi) is 5.79. The molecule has 8 nitrogen and oxygen atoms in total. The highest BCUT2D eigenvalue weighted by molar-refractivity contribution is 7.16. The molecule has 160 valence electrons. The predicted molar refractivity (Wildman–Crippen MR) is 119 cm³/mol. The van der Waals surface area contributed by atoms with Crippen LogP contribution in [0.4, 0.5) is 5.69 Å². The molecule has 0 atom stereocenters. The molecule has 2 heterocycles. The summed E-state index contributed by atoms with van der Waals surface area (Å²) in [6.07, 6.45) is 1.69. The number of benzene rings is 2. The molecule has 0 aliphatic heterocycles. The van der Waals surface area contributed by atoms with Crippen molar-refractivity contribution < 1.29 is 24.3 Å². The smallest absolute Gasteiger partial charge is 0.262 e. The van der Waals surface area contributed by atoms with Crippen molar-refractivity contribution in [2.75, 3.05) is 21.3 Å². The number of carbonyl (C=O) groups is 1. The highest BCUT2D eigenvalue weighted by Gasteiger charge is 2.19. The molecule has 1 amide bonds. The first kappa shape index (κ1) is 20.7. The molecule has 2 aromatic carbocycles. The number of methoxy groups -OCH3 is 2. The van der Waals surface area contributed by atoms with Crippen LogP contribution in [-0.2, 0) is 6.61 Å². The van der Waals surface area contributed by atoms with E-state index in [-0.39, 0.29) is 0 Å². The quantitative estimate of drug-likeness (QED) is 0.411. The maximum atomic E-state index is 12.1. The van der Waals surface area contributed by atoms with Gasteiger partial charge in [0.15, 0.2) is 11.5 Å². The van der Waals surface area contributed by atoms with Gasteiger partial charge in [0.25, 0.3) is 5.91 Å². The van der Waals surface area contributed by atoms with Crippen LogP contribution in [-0.4, -0.2) is 36.7 Å². The van der Waals surface area contributed by atoms with Crippen LogP contribution in [0.1, 0.15) is 15.2 Å². The summed E-state index contributed by atoms with van der Waals surface area (Å²) in [5.41, 5.74) is 9.28. The fourth-order valence-corrected chi connectivity index (χ4v) is 4.23. The number of aromatic nitrogens is 2. The van der Waals surface area contributed by atoms with Crippen LogP contribution >= 0.6 is 11.3 Å². The molecule has 2 aromatic heterocycles. The summed E-state index contributed by atoms with van der Waals surface area (Å²) < 4.78 is 18.6. The molecular weight excluding hydrogens is 416 g/mol. The molecular formula is C22H23N4O4S+. The fraction of sp³-hybridized carbons (Fsp3) is 0.182. The van der Waals surface area contributed by atoms with Gasteiger partial charge in [0.1, 0.15) is 34.2 Å². The molecule has 9 heteroatoms. The van der Waals surface area contributed by atoms with E-state index in [0.717, 1.165) is 27.3 Å². The number of hydrogen-bond acceptors (Lipinski definition) is 6. The van der Waals surface area contributed by atoms with Crippen molar-refractivity contribution >= 4 is 34.0 Å². The zero-order chi connectivity index (χ0) is 22.0. The second-order valence-electron chi connectivity index (χ2n) is 6.78. The Labute approximate surface area is 183 Å². The minimum absolute atomic E-state index is 0.327. The number of thiophene rings is 1. The molecule has 31 heavy (non-hydrogen) atoms. The largest absolute Gasteiger partial charge is 0.493 e. The van der Waals surface area contributed by atoms with Gasteiger partial charge in [-0.1, -0.05) is 12.1 Å². The second-order valence-corrected chi connectivity index (χ2v) is 7.81. The predicted octanol–water partition coefficient (Wildman–Crippen LogP) is 2.61. The van der Waals surface area contributed by atoms with Gasteiger partial charge < -0.3 is 25.3 Å². The molecule has 4 rings (SSSR count). The van der Waals surface area contributed by atoms with Crippen LogP contribution in [0.5, 0.6) is 17.2 Å². The summed E-state index contributed by atoms with van der Waals surface area (Å²) >= 11 is 1.25. The number of hydrogen-bond donors (Lipinski definition) is 2. The molecule has 0 aliphatic rings. The number of ether oxygens (including phenoxy) is 3. The van der Waals surface area contributed by atoms with Gasteiger partial charge >= 0.3 is 0 Å². The Hall–Kier alpha value is -3.56. The highest BCUT2D eigenvalue weighted by Crippen LogP contribution is 2.37. The molecule has 0 unspecified atom stereocenters. The average Bonchev–Trinajstić information content (AvgIpc) is 3.40. The number of primary amides is 1. The van der Waals surface area contributed by atoms with Crippen LogP contribution in [0.3, 0.4) is 0 Å². The Bertz CT molecular complexity index is 1250. The summed E-state index contributed by atoms with van der Waals surface area (Å²) in [6, 6.07) is 13.5. The van der Waals surface area contributed by atoms with E-state index in [1.54, 1.807) is 26.6 Å². The topological polar surface area (TPSA) is 105 Å². The zero-order valence-corrected chi connectivity index (χ0v) is 18.2. The first-order valence-corrected chi connectivity index (χ1v) is 10.4. The number of quaternary nitrogens is 1. The van der Waals surface area contributed by atoms with Crippen LogP contribution < -0.4 is 25.3 Å². The average molecular weight is 440 g/mol. The Morgan fingerprint density at radius 3 is 2.61 bits per heavy atom. The van der Waals surface area contributed by atoms with E-state index in [0.29, 0.717) is 28.7 Å². The van der Waals surface area contributed by atoms with Crippen molar-refractivity contribution in [3.8, 4) is 22.2 Å². The van der Waals surface area contributed by atoms with Gasteiger partial charge in [-0.3, -0.25) is 9.36 Å². The van der Waals surface area contributed by atoms with Crippen molar-refractivity contribution in [2.24, 2.45) is 5.73 Å². The molecule has 0 bridgehead atoms. The minimum atomic E-state index is -0.537. The van der Waals surface area contributed by atoms with Crippen molar-refractivity contribution in [3.05, 3.63) is 59.2 Å². The number of rotatable bonds is 8. The number of fused-ring (bicyclic) bond motifs is 1. The first-order valence-electron chi connectivity index (χ1n) is 9.58. The van der Waals surface area contributed by atoms with Gasteiger partial charge in [-0.25, -0.2) is 4.98 Å². The van der Waals surface area contributed by atoms with E-state index in [2.05, 4.69) is 4.98 Å². The van der Waals surface area contributed by atoms with Crippen LogP contribution in [0.15, 0.2) is 48.8 Å². The van der Waals surface area contributed by atoms with E-state index >= 15 is 0 Å². The number of nitrogens with two attached hydrogens (primary N) is 2. The highest BCUT2D eigenvalue weighted by atomic mass is 32.1. The van der Waals surface area contributed by atoms with Crippen LogP contribution in [0, 0.1) is 0 Å². The van der Waals surface area contributed by atoms with Gasteiger partial charge in [-0.2, -0.15) is 0 Å². The maximum absolute atomic E-state index is 12.1. The monoisotopic (exact) mass is 439 g/mol. The lowest BCUT2D eigenvalue weighted by atomic mass is 10.2. The molecule has 0 radical (unpaired) electrons. The Balaban J connectivity index is 1.69. The van der Waals surface area contributed by atoms with E-state index < -0.39 is 5.91 Å². The lowest BCUT2D eigenvalue weighted by Gasteiger charge is -2.08. The number of nitrogens with zero attached hydrogens (tertiary/aromatic N) is 2. The number of imidazole rings is 1. The lowest BCUT2D eigenvalue weighted by Crippen LogP contribution is -2.72. The van der Waals surface area contributed by atoms with Crippen LogP contribution in [0.25, 0.3) is 16.0 Å². The van der Waals surface area contributed by atoms with E-state index in [1.165, 1.54) is 11.3 Å². The van der Waals surface area contributed by atoms with Crippen molar-refractivity contribution in [1.29, 1.82) is 0 Å². The Morgan fingerprint density at radius 2 is 1.90 bits per heavy atom. The van der Waals surface area contributed by atoms with Crippen molar-refractivity contribution in [2.45, 2.75) is 6.61 Å². The van der Waals surface area contributed by atoms with Crippen molar-refractivity contribution in [3.63, 3.8) is 0 Å². The minimum Gasteiger partial charge on any atom is -0.493 e. The summed E-state index contributed by atoms with van der Waals surface area (Å²) in [4.78, 5) is 16.9. The molecule has 0 saturated heterocycles. The lowest BCUT2D eigenvalue weighted by molar-refractivity contribution is -0.539. The zero-order valence-electron chi connectivity index (χ0n) is 17.4. The third-order valence-electron chi connectivity index (χ3n) is 4.88. The SMILES string of the molecule is C[NH2+]c1cccc(COc2cc(-n3cnc4cc(OC)c(OC)cc43)sc2C(N)=O)c1. The number of amides is 1. The van der Waals surface area contributed by atoms with Gasteiger partial charge in [0.05, 0.1) is 32.3 Å². The summed E-state index contributed by atoms with van der Waals surface area (Å²) in [5, 5.41) is 2.78. The van der Waals surface area contributed by atoms with Crippen molar-refractivity contribution in [1.82, 2.24) is 9.55 Å². The molecule has 0 fully saturated rings. The summed E-state index contributed by atoms with van der Waals surface area (Å²) in [6.45, 7) is 0.327. The van der Waals surface area contributed by atoms with Gasteiger partial charge in [0, 0.05) is 24.3 Å². The fourth-order valence-electron chi connectivity index (χ4n) is 3.29. The van der Waals surface area contributed by atoms with E-state index in [4.69, 9.17) is 19.9 Å². The third kappa shape index (κ3) is 4.05. The molecule has 0 spiro atoms. The maximum Gasteiger partial charge on any atom is 0.262 e. The van der Waals surface area contributed by atoms with Gasteiger partial charge in [-0.05, 0) is 11.6 Å². The van der Waals surface area contributed by atoms with Gasteiger partial charge in [0.2, 0.25) is 0 Å². The standard InChI is InChI=1S/C22H22N4O4S/c1-24-14-6-4-5-13(7-14)11-30-19-10-20(31-21(19)22(23)27)26-12-25-15-8-17(28-2)18(29-3)9-16(15)26/h4-10,12,24H,11H2,1-3H3,(H2,23,27)/p+1.